The summed E-state index contributed by atoms with van der Waals surface area (Å²) in [7, 11) is 0. The summed E-state index contributed by atoms with van der Waals surface area (Å²) in [6.45, 7) is 10.4. The number of carbonyl (C=O) groups excluding carboxylic acids is 1. The average molecular weight is 448 g/mol. The zero-order chi connectivity index (χ0) is 23.6. The molecule has 0 bridgehead atoms. The molecule has 0 saturated carbocycles. The molecule has 0 aliphatic heterocycles. The minimum absolute atomic E-state index is 0.320. The minimum Gasteiger partial charge on any atom is -0.491 e. The Morgan fingerprint density at radius 2 is 1.82 bits per heavy atom. The molecule has 0 aliphatic carbocycles. The number of aromatic nitrogens is 4. The lowest BCUT2D eigenvalue weighted by Crippen LogP contribution is -2.40. The number of carbonyl (C=O) groups is 1. The lowest BCUT2D eigenvalue weighted by molar-refractivity contribution is 0.0493. The fraction of sp³-hybridized carbons (Fsp3) is 0.360. The highest BCUT2D eigenvalue weighted by Crippen LogP contribution is 2.28. The first-order valence-corrected chi connectivity index (χ1v) is 10.9. The second kappa shape index (κ2) is 8.69. The van der Waals surface area contributed by atoms with Gasteiger partial charge in [0, 0.05) is 23.5 Å². The van der Waals surface area contributed by atoms with Crippen LogP contribution < -0.4 is 10.1 Å². The van der Waals surface area contributed by atoms with Crippen LogP contribution in [0.25, 0.3) is 28.1 Å². The average Bonchev–Trinajstić information content (AvgIpc) is 3.19. The van der Waals surface area contributed by atoms with Gasteiger partial charge in [-0.15, -0.1) is 10.2 Å². The lowest BCUT2D eigenvalue weighted by Gasteiger charge is -2.26. The van der Waals surface area contributed by atoms with Gasteiger partial charge in [0.05, 0.1) is 6.61 Å². The van der Waals surface area contributed by atoms with Crippen molar-refractivity contribution in [3.8, 4) is 17.3 Å². The van der Waals surface area contributed by atoms with E-state index >= 15 is 0 Å². The van der Waals surface area contributed by atoms with Crippen molar-refractivity contribution in [2.45, 2.75) is 40.2 Å². The van der Waals surface area contributed by atoms with Gasteiger partial charge in [0.15, 0.2) is 11.5 Å². The highest BCUT2D eigenvalue weighted by atomic mass is 16.6. The van der Waals surface area contributed by atoms with E-state index in [0.29, 0.717) is 30.4 Å². The van der Waals surface area contributed by atoms with Crippen LogP contribution in [0.1, 0.15) is 34.6 Å². The SMILES string of the molecule is CC(C)(CNC(=O)OC(C)(C)C)COc1cccc2ccc(-c3nnc4ccccn34)nc12. The van der Waals surface area contributed by atoms with Crippen LogP contribution in [0.5, 0.6) is 5.75 Å². The van der Waals surface area contributed by atoms with Crippen molar-refractivity contribution < 1.29 is 14.3 Å². The summed E-state index contributed by atoms with van der Waals surface area (Å²) in [5.41, 5.74) is 1.37. The third kappa shape index (κ3) is 5.39. The predicted octanol–water partition coefficient (Wildman–Crippen LogP) is 4.87. The monoisotopic (exact) mass is 447 g/mol. The third-order valence-corrected chi connectivity index (χ3v) is 4.95. The van der Waals surface area contributed by atoms with Crippen molar-refractivity contribution in [3.05, 3.63) is 54.7 Å². The molecule has 0 spiro atoms. The molecule has 3 aromatic heterocycles. The topological polar surface area (TPSA) is 90.6 Å². The number of nitrogens with zero attached hydrogens (tertiary/aromatic N) is 4. The Hall–Kier alpha value is -3.68. The van der Waals surface area contributed by atoms with Gasteiger partial charge in [0.25, 0.3) is 0 Å². The van der Waals surface area contributed by atoms with Crippen LogP contribution >= 0.6 is 0 Å². The molecule has 172 valence electrons. The predicted molar refractivity (Wildman–Crippen MR) is 127 cm³/mol. The van der Waals surface area contributed by atoms with Gasteiger partial charge in [-0.3, -0.25) is 4.40 Å². The quantitative estimate of drug-likeness (QED) is 0.453. The van der Waals surface area contributed by atoms with E-state index < -0.39 is 11.7 Å². The van der Waals surface area contributed by atoms with Crippen molar-refractivity contribution in [1.29, 1.82) is 0 Å². The number of hydrogen-bond acceptors (Lipinski definition) is 6. The number of hydrogen-bond donors (Lipinski definition) is 1. The molecule has 1 amide bonds. The van der Waals surface area contributed by atoms with Gasteiger partial charge in [-0.1, -0.05) is 38.1 Å². The maximum Gasteiger partial charge on any atom is 0.407 e. The van der Waals surface area contributed by atoms with Gasteiger partial charge in [0.1, 0.15) is 22.6 Å². The Morgan fingerprint density at radius 1 is 1.00 bits per heavy atom. The van der Waals surface area contributed by atoms with Crippen molar-refractivity contribution in [2.75, 3.05) is 13.2 Å². The fourth-order valence-corrected chi connectivity index (χ4v) is 3.33. The zero-order valence-electron chi connectivity index (χ0n) is 19.6. The van der Waals surface area contributed by atoms with Crippen molar-refractivity contribution in [1.82, 2.24) is 24.9 Å². The Bertz CT molecular complexity index is 1290. The van der Waals surface area contributed by atoms with Crippen molar-refractivity contribution in [3.63, 3.8) is 0 Å². The fourth-order valence-electron chi connectivity index (χ4n) is 3.33. The molecule has 0 unspecified atom stereocenters. The van der Waals surface area contributed by atoms with Gasteiger partial charge in [-0.05, 0) is 45.0 Å². The van der Waals surface area contributed by atoms with Crippen LogP contribution in [0.4, 0.5) is 4.79 Å². The molecule has 0 radical (unpaired) electrons. The van der Waals surface area contributed by atoms with Crippen LogP contribution in [-0.4, -0.2) is 44.4 Å². The van der Waals surface area contributed by atoms with Crippen LogP contribution in [0, 0.1) is 5.41 Å². The van der Waals surface area contributed by atoms with E-state index in [2.05, 4.69) is 15.5 Å². The highest BCUT2D eigenvalue weighted by molar-refractivity contribution is 5.86. The van der Waals surface area contributed by atoms with Gasteiger partial charge in [-0.25, -0.2) is 9.78 Å². The summed E-state index contributed by atoms with van der Waals surface area (Å²) >= 11 is 0. The second-order valence-corrected chi connectivity index (χ2v) is 9.79. The number of alkyl carbamates (subject to hydrolysis) is 1. The zero-order valence-corrected chi connectivity index (χ0v) is 19.6. The molecule has 0 aliphatic rings. The first kappa shape index (κ1) is 22.5. The van der Waals surface area contributed by atoms with E-state index in [9.17, 15) is 4.79 Å². The number of benzene rings is 1. The molecular formula is C25H29N5O3. The summed E-state index contributed by atoms with van der Waals surface area (Å²) in [5, 5.41) is 12.3. The molecule has 3 heterocycles. The summed E-state index contributed by atoms with van der Waals surface area (Å²) in [5.74, 6) is 1.35. The molecule has 33 heavy (non-hydrogen) atoms. The maximum atomic E-state index is 12.0. The number of ether oxygens (including phenoxy) is 2. The van der Waals surface area contributed by atoms with Crippen LogP contribution in [0.3, 0.4) is 0 Å². The van der Waals surface area contributed by atoms with Crippen LogP contribution in [0.15, 0.2) is 54.7 Å². The highest BCUT2D eigenvalue weighted by Gasteiger charge is 2.23. The molecule has 1 N–H and O–H groups in total. The molecule has 8 heteroatoms. The first-order chi connectivity index (χ1) is 15.6. The number of para-hydroxylation sites is 1. The maximum absolute atomic E-state index is 12.0. The Morgan fingerprint density at radius 3 is 2.61 bits per heavy atom. The summed E-state index contributed by atoms with van der Waals surface area (Å²) in [6.07, 6.45) is 1.48. The van der Waals surface area contributed by atoms with E-state index in [1.54, 1.807) is 0 Å². The van der Waals surface area contributed by atoms with E-state index in [1.165, 1.54) is 0 Å². The van der Waals surface area contributed by atoms with Gasteiger partial charge in [0.2, 0.25) is 0 Å². The van der Waals surface area contributed by atoms with E-state index in [4.69, 9.17) is 14.5 Å². The summed E-state index contributed by atoms with van der Waals surface area (Å²) < 4.78 is 13.4. The molecule has 1 aromatic carbocycles. The number of nitrogens with one attached hydrogen (secondary N) is 1. The van der Waals surface area contributed by atoms with E-state index in [0.717, 1.165) is 16.6 Å². The Kier molecular flexibility index (Phi) is 5.93. The third-order valence-electron chi connectivity index (χ3n) is 4.95. The largest absolute Gasteiger partial charge is 0.491 e. The van der Waals surface area contributed by atoms with Gasteiger partial charge >= 0.3 is 6.09 Å². The Balaban J connectivity index is 1.52. The number of amides is 1. The molecule has 8 nitrogen and oxygen atoms in total. The van der Waals surface area contributed by atoms with Crippen LogP contribution in [0.2, 0.25) is 0 Å². The minimum atomic E-state index is -0.535. The molecule has 4 rings (SSSR count). The summed E-state index contributed by atoms with van der Waals surface area (Å²) in [4.78, 5) is 16.8. The lowest BCUT2D eigenvalue weighted by atomic mass is 9.95. The molecule has 0 fully saturated rings. The smallest absolute Gasteiger partial charge is 0.407 e. The van der Waals surface area contributed by atoms with Crippen LogP contribution in [-0.2, 0) is 4.74 Å². The van der Waals surface area contributed by atoms with Crippen molar-refractivity contribution >= 4 is 22.6 Å². The normalized spacial score (nSPS) is 12.2. The number of fused-ring (bicyclic) bond motifs is 2. The molecular weight excluding hydrogens is 418 g/mol. The van der Waals surface area contributed by atoms with Gasteiger partial charge < -0.3 is 14.8 Å². The number of rotatable bonds is 6. The van der Waals surface area contributed by atoms with Gasteiger partial charge in [-0.2, -0.15) is 0 Å². The second-order valence-electron chi connectivity index (χ2n) is 9.79. The molecule has 0 atom stereocenters. The Labute approximate surface area is 193 Å². The molecule has 4 aromatic rings. The van der Waals surface area contributed by atoms with E-state index in [1.807, 2.05) is 93.7 Å². The molecule has 0 saturated heterocycles. The van der Waals surface area contributed by atoms with Crippen molar-refractivity contribution in [2.24, 2.45) is 5.41 Å². The van der Waals surface area contributed by atoms with E-state index in [-0.39, 0.29) is 5.41 Å². The standard InChI is InChI=1S/C25H29N5O3/c1-24(2,3)33-23(31)26-15-25(4,5)16-32-19-10-8-9-17-12-13-18(27-21(17)19)22-29-28-20-11-6-7-14-30(20)22/h6-14H,15-16H2,1-5H3,(H,26,31). The number of pyridine rings is 2. The summed E-state index contributed by atoms with van der Waals surface area (Å²) in [6, 6.07) is 15.5. The first-order valence-electron chi connectivity index (χ1n) is 10.9.